The molecule has 0 unspecified atom stereocenters. The summed E-state index contributed by atoms with van der Waals surface area (Å²) < 4.78 is 57.3. The molecule has 1 amide bonds. The van der Waals surface area contributed by atoms with Gasteiger partial charge < -0.3 is 9.64 Å². The number of nitrogens with zero attached hydrogens (tertiary/aromatic N) is 1. The lowest BCUT2D eigenvalue weighted by atomic mass is 10.0. The van der Waals surface area contributed by atoms with Crippen molar-refractivity contribution >= 4 is 11.6 Å². The Morgan fingerprint density at radius 1 is 1.03 bits per heavy atom. The van der Waals surface area contributed by atoms with Crippen LogP contribution in [-0.2, 0) is 11.0 Å². The van der Waals surface area contributed by atoms with Crippen molar-refractivity contribution in [3.05, 3.63) is 95.6 Å². The van der Waals surface area contributed by atoms with Gasteiger partial charge >= 0.3 is 6.18 Å². The van der Waals surface area contributed by atoms with Gasteiger partial charge in [0, 0.05) is 11.7 Å². The van der Waals surface area contributed by atoms with Gasteiger partial charge in [-0.05, 0) is 60.9 Å². The summed E-state index contributed by atoms with van der Waals surface area (Å²) in [5.41, 5.74) is 1.37. The molecule has 3 aromatic rings. The molecule has 0 spiro atoms. The minimum Gasteiger partial charge on any atom is -0.491 e. The van der Waals surface area contributed by atoms with Gasteiger partial charge in [-0.2, -0.15) is 13.2 Å². The highest BCUT2D eigenvalue weighted by atomic mass is 19.4. The maximum atomic E-state index is 13.6. The van der Waals surface area contributed by atoms with E-state index in [2.05, 4.69) is 5.32 Å². The molecule has 1 heterocycles. The fraction of sp³-hybridized carbons (Fsp3) is 0.296. The zero-order valence-corrected chi connectivity index (χ0v) is 19.1. The van der Waals surface area contributed by atoms with E-state index in [0.29, 0.717) is 17.9 Å². The van der Waals surface area contributed by atoms with Gasteiger partial charge in [0.2, 0.25) is 5.91 Å². The number of hydrogen-bond donors (Lipinski definition) is 1. The Kier molecular flexibility index (Phi) is 7.40. The van der Waals surface area contributed by atoms with Crippen molar-refractivity contribution in [2.75, 3.05) is 18.2 Å². The van der Waals surface area contributed by atoms with E-state index in [0.717, 1.165) is 23.3 Å². The van der Waals surface area contributed by atoms with E-state index in [-0.39, 0.29) is 18.6 Å². The summed E-state index contributed by atoms with van der Waals surface area (Å²) >= 11 is 0. The number of amides is 1. The van der Waals surface area contributed by atoms with Crippen molar-refractivity contribution in [2.24, 2.45) is 0 Å². The van der Waals surface area contributed by atoms with Crippen LogP contribution in [0.15, 0.2) is 78.9 Å². The average Bonchev–Trinajstić information content (AvgIpc) is 3.18. The molecule has 184 valence electrons. The number of halogens is 4. The maximum absolute atomic E-state index is 13.6. The minimum atomic E-state index is -4.47. The summed E-state index contributed by atoms with van der Waals surface area (Å²) in [6.45, 7) is 1.24. The molecule has 35 heavy (non-hydrogen) atoms. The van der Waals surface area contributed by atoms with Crippen LogP contribution in [0.5, 0.6) is 5.75 Å². The first-order valence-electron chi connectivity index (χ1n) is 11.4. The molecular weight excluding hydrogens is 459 g/mol. The van der Waals surface area contributed by atoms with Crippen LogP contribution >= 0.6 is 0 Å². The highest BCUT2D eigenvalue weighted by Crippen LogP contribution is 2.40. The summed E-state index contributed by atoms with van der Waals surface area (Å²) in [5.74, 6) is 0.238. The third-order valence-corrected chi connectivity index (χ3v) is 6.12. The molecule has 0 radical (unpaired) electrons. The summed E-state index contributed by atoms with van der Waals surface area (Å²) in [6.07, 6.45) is -4.06. The van der Waals surface area contributed by atoms with Gasteiger partial charge in [-0.25, -0.2) is 4.39 Å². The van der Waals surface area contributed by atoms with E-state index in [1.165, 1.54) is 17.0 Å². The van der Waals surface area contributed by atoms with Gasteiger partial charge in [-0.1, -0.05) is 42.5 Å². The molecule has 0 saturated carbocycles. The number of nitrogens with one attached hydrogen (secondary N) is 1. The summed E-state index contributed by atoms with van der Waals surface area (Å²) in [6, 6.07) is 20.2. The van der Waals surface area contributed by atoms with Crippen molar-refractivity contribution in [1.82, 2.24) is 5.32 Å². The second-order valence-electron chi connectivity index (χ2n) is 8.47. The number of carbonyl (C=O) groups is 1. The first-order valence-corrected chi connectivity index (χ1v) is 11.4. The first-order chi connectivity index (χ1) is 16.8. The molecular formula is C27H26F4N2O2. The van der Waals surface area contributed by atoms with Crippen LogP contribution in [0.3, 0.4) is 0 Å². The molecule has 1 N–H and O–H groups in total. The molecule has 1 fully saturated rings. The third-order valence-electron chi connectivity index (χ3n) is 6.12. The molecule has 4 rings (SSSR count). The van der Waals surface area contributed by atoms with Gasteiger partial charge in [0.05, 0.1) is 17.6 Å². The molecule has 1 saturated heterocycles. The third kappa shape index (κ3) is 5.65. The Balaban J connectivity index is 1.65. The monoisotopic (exact) mass is 485 g/mol. The Bertz CT molecular complexity index is 1140. The minimum absolute atomic E-state index is 0.0888. The largest absolute Gasteiger partial charge is 0.491 e. The highest BCUT2D eigenvalue weighted by Gasteiger charge is 2.42. The molecule has 4 nitrogen and oxygen atoms in total. The zero-order valence-electron chi connectivity index (χ0n) is 19.1. The normalized spacial score (nSPS) is 19.1. The second-order valence-corrected chi connectivity index (χ2v) is 8.47. The number of alkyl halides is 4. The molecule has 8 heteroatoms. The van der Waals surface area contributed by atoms with Gasteiger partial charge in [0.15, 0.2) is 0 Å². The molecule has 0 bridgehead atoms. The van der Waals surface area contributed by atoms with E-state index < -0.39 is 30.5 Å². The molecule has 0 aliphatic carbocycles. The Hall–Kier alpha value is -3.39. The van der Waals surface area contributed by atoms with Crippen LogP contribution in [0.25, 0.3) is 0 Å². The van der Waals surface area contributed by atoms with E-state index in [1.807, 2.05) is 43.3 Å². The van der Waals surface area contributed by atoms with Crippen molar-refractivity contribution in [1.29, 1.82) is 0 Å². The predicted octanol–water partition coefficient (Wildman–Crippen LogP) is 6.25. The van der Waals surface area contributed by atoms with Gasteiger partial charge in [-0.15, -0.1) is 0 Å². The fourth-order valence-corrected chi connectivity index (χ4v) is 4.40. The van der Waals surface area contributed by atoms with E-state index in [1.54, 1.807) is 18.2 Å². The van der Waals surface area contributed by atoms with Crippen LogP contribution < -0.4 is 15.0 Å². The van der Waals surface area contributed by atoms with Crippen molar-refractivity contribution in [3.8, 4) is 5.75 Å². The standard InChI is InChI=1S/C27H26F4N2O2/c1-18(19-6-3-2-4-7-19)32-24-17-25(20-8-5-9-23(16-20)35-15-14-28)33(26(24)34)22-12-10-21(11-13-22)27(29,30)31/h2-13,16,18,24-25,32H,14-15,17H2,1H3/t18-,24-,25-/m1/s1/i28-1. The van der Waals surface area contributed by atoms with Crippen molar-refractivity contribution < 1.29 is 27.1 Å². The number of anilines is 1. The Labute approximate surface area is 201 Å². The van der Waals surface area contributed by atoms with Crippen LogP contribution in [0, 0.1) is 0 Å². The summed E-state index contributed by atoms with van der Waals surface area (Å²) in [5, 5.41) is 3.38. The SMILES string of the molecule is C[C@@H](N[C@@H]1C[C@H](c2cccc(OCC[18F])c2)N(c2ccc(C(F)(F)F)cc2)C1=O)c1ccccc1. The summed E-state index contributed by atoms with van der Waals surface area (Å²) in [7, 11) is 0. The average molecular weight is 486 g/mol. The van der Waals surface area contributed by atoms with E-state index in [9.17, 15) is 22.4 Å². The van der Waals surface area contributed by atoms with Crippen LogP contribution in [0.2, 0.25) is 0 Å². The smallest absolute Gasteiger partial charge is 0.416 e. The van der Waals surface area contributed by atoms with Gasteiger partial charge in [-0.3, -0.25) is 10.1 Å². The van der Waals surface area contributed by atoms with E-state index in [4.69, 9.17) is 4.74 Å². The number of ether oxygens (including phenoxy) is 1. The molecule has 1 aliphatic heterocycles. The zero-order chi connectivity index (χ0) is 25.0. The number of benzene rings is 3. The van der Waals surface area contributed by atoms with Crippen LogP contribution in [0.4, 0.5) is 23.2 Å². The van der Waals surface area contributed by atoms with E-state index >= 15 is 0 Å². The molecule has 0 aromatic heterocycles. The number of carbonyl (C=O) groups excluding carboxylic acids is 1. The highest BCUT2D eigenvalue weighted by molar-refractivity contribution is 6.00. The fourth-order valence-electron chi connectivity index (χ4n) is 4.40. The lowest BCUT2D eigenvalue weighted by Gasteiger charge is -2.26. The maximum Gasteiger partial charge on any atom is 0.416 e. The topological polar surface area (TPSA) is 41.6 Å². The quantitative estimate of drug-likeness (QED) is 0.384. The Morgan fingerprint density at radius 2 is 1.74 bits per heavy atom. The van der Waals surface area contributed by atoms with Crippen molar-refractivity contribution in [3.63, 3.8) is 0 Å². The predicted molar refractivity (Wildman–Crippen MR) is 126 cm³/mol. The Morgan fingerprint density at radius 3 is 2.40 bits per heavy atom. The summed E-state index contributed by atoms with van der Waals surface area (Å²) in [4.78, 5) is 15.1. The second kappa shape index (κ2) is 10.5. The van der Waals surface area contributed by atoms with Gasteiger partial charge in [0.1, 0.15) is 19.0 Å². The molecule has 3 aromatic carbocycles. The number of rotatable bonds is 8. The molecule has 1 aliphatic rings. The van der Waals surface area contributed by atoms with Crippen LogP contribution in [0.1, 0.15) is 42.1 Å². The first kappa shape index (κ1) is 24.7. The van der Waals surface area contributed by atoms with Gasteiger partial charge in [0.25, 0.3) is 0 Å². The number of hydrogen-bond acceptors (Lipinski definition) is 3. The lowest BCUT2D eigenvalue weighted by molar-refractivity contribution is -0.137. The van der Waals surface area contributed by atoms with Crippen LogP contribution in [-0.4, -0.2) is 25.2 Å². The lowest BCUT2D eigenvalue weighted by Crippen LogP contribution is -2.39. The molecule has 3 atom stereocenters. The van der Waals surface area contributed by atoms with Crippen molar-refractivity contribution in [2.45, 2.75) is 37.6 Å².